The molecule has 0 bridgehead atoms. The van der Waals surface area contributed by atoms with Gasteiger partial charge in [-0.15, -0.1) is 0 Å². The largest absolute Gasteiger partial charge is 0.0682 e. The molecule has 0 atom stereocenters. The maximum absolute atomic E-state index is 2.37. The molecule has 0 aromatic heterocycles. The summed E-state index contributed by atoms with van der Waals surface area (Å²) < 4.78 is 0. The van der Waals surface area contributed by atoms with Crippen molar-refractivity contribution >= 4 is 14.0 Å². The zero-order valence-electron chi connectivity index (χ0n) is 10.2. The summed E-state index contributed by atoms with van der Waals surface area (Å²) in [5, 5.41) is 1.54. The molecule has 0 radical (unpaired) electrons. The maximum atomic E-state index is 2.37. The summed E-state index contributed by atoms with van der Waals surface area (Å²) in [7, 11) is -0.693. The van der Waals surface area contributed by atoms with Crippen LogP contribution in [0.15, 0.2) is 48.5 Å². The molecule has 0 saturated carbocycles. The zero-order chi connectivity index (χ0) is 11.5. The number of hydrogen-bond donors (Lipinski definition) is 0. The van der Waals surface area contributed by atoms with Gasteiger partial charge < -0.3 is 0 Å². The highest BCUT2D eigenvalue weighted by Gasteiger charge is 2.03. The molecule has 16 heavy (non-hydrogen) atoms. The van der Waals surface area contributed by atoms with Gasteiger partial charge in [-0.05, 0) is 18.1 Å². The fourth-order valence-electron chi connectivity index (χ4n) is 1.90. The Labute approximate surface area is 99.6 Å². The average Bonchev–Trinajstić information content (AvgIpc) is 2.29. The minimum absolute atomic E-state index is 0.693. The molecule has 2 rings (SSSR count). The number of rotatable bonds is 2. The van der Waals surface area contributed by atoms with Crippen LogP contribution in [0.4, 0.5) is 0 Å². The summed E-state index contributed by atoms with van der Waals surface area (Å²) in [6.07, 6.45) is 0. The molecule has 0 aliphatic carbocycles. The Morgan fingerprint density at radius 3 is 2.06 bits per heavy atom. The normalized spacial score (nSPS) is 10.8. The van der Waals surface area contributed by atoms with Crippen molar-refractivity contribution in [3.05, 3.63) is 54.1 Å². The van der Waals surface area contributed by atoms with E-state index in [0.717, 1.165) is 0 Å². The first kappa shape index (κ1) is 11.2. The maximum Gasteiger partial charge on any atom is 0.0647 e. The summed E-state index contributed by atoms with van der Waals surface area (Å²) >= 11 is 0. The van der Waals surface area contributed by atoms with Gasteiger partial charge in [0.05, 0.1) is 8.80 Å². The number of benzene rings is 2. The minimum Gasteiger partial charge on any atom is -0.0682 e. The molecule has 0 amide bonds. The Bertz CT molecular complexity index is 486. The zero-order valence-corrected chi connectivity index (χ0v) is 11.4. The lowest BCUT2D eigenvalue weighted by Crippen LogP contribution is -2.22. The average molecular weight is 226 g/mol. The lowest BCUT2D eigenvalue weighted by Gasteiger charge is -2.08. The Morgan fingerprint density at radius 2 is 1.44 bits per heavy atom. The molecule has 2 aromatic rings. The molecular formula is C15H18Si. The van der Waals surface area contributed by atoms with E-state index in [0.29, 0.717) is 0 Å². The van der Waals surface area contributed by atoms with Gasteiger partial charge in [0.25, 0.3) is 0 Å². The van der Waals surface area contributed by atoms with E-state index in [1.54, 1.807) is 5.19 Å². The molecule has 1 heteroatoms. The van der Waals surface area contributed by atoms with Crippen molar-refractivity contribution < 1.29 is 0 Å². The topological polar surface area (TPSA) is 0 Å². The minimum atomic E-state index is -0.693. The van der Waals surface area contributed by atoms with Gasteiger partial charge in [0.1, 0.15) is 0 Å². The predicted octanol–water partition coefficient (Wildman–Crippen LogP) is 3.36. The van der Waals surface area contributed by atoms with E-state index < -0.39 is 8.80 Å². The van der Waals surface area contributed by atoms with Crippen molar-refractivity contribution in [2.24, 2.45) is 0 Å². The monoisotopic (exact) mass is 226 g/mol. The van der Waals surface area contributed by atoms with Crippen molar-refractivity contribution in [1.29, 1.82) is 0 Å². The third-order valence-corrected chi connectivity index (χ3v) is 4.60. The third kappa shape index (κ3) is 2.42. The molecule has 0 N–H and O–H groups in total. The first-order valence-corrected chi connectivity index (χ1v) is 8.72. The first-order valence-electron chi connectivity index (χ1n) is 5.84. The lowest BCUT2D eigenvalue weighted by atomic mass is 10.0. The molecule has 0 aliphatic rings. The van der Waals surface area contributed by atoms with E-state index in [4.69, 9.17) is 0 Å². The van der Waals surface area contributed by atoms with E-state index in [1.807, 2.05) is 0 Å². The molecule has 0 aliphatic heterocycles. The Kier molecular flexibility index (Phi) is 3.25. The predicted molar refractivity (Wildman–Crippen MR) is 75.1 cm³/mol. The number of aryl methyl sites for hydroxylation is 1. The van der Waals surface area contributed by atoms with Crippen LogP contribution in [0.5, 0.6) is 0 Å². The molecular weight excluding hydrogens is 208 g/mol. The van der Waals surface area contributed by atoms with Gasteiger partial charge in [0.2, 0.25) is 0 Å². The van der Waals surface area contributed by atoms with Crippen molar-refractivity contribution in [2.45, 2.75) is 20.0 Å². The third-order valence-electron chi connectivity index (χ3n) is 2.90. The molecule has 0 nitrogen and oxygen atoms in total. The second-order valence-electron chi connectivity index (χ2n) is 4.65. The van der Waals surface area contributed by atoms with Crippen molar-refractivity contribution in [1.82, 2.24) is 0 Å². The van der Waals surface area contributed by atoms with Crippen LogP contribution in [0.3, 0.4) is 0 Å². The van der Waals surface area contributed by atoms with E-state index in [9.17, 15) is 0 Å². The van der Waals surface area contributed by atoms with Gasteiger partial charge in [-0.1, -0.05) is 72.4 Å². The van der Waals surface area contributed by atoms with Gasteiger partial charge in [-0.2, -0.15) is 0 Å². The van der Waals surface area contributed by atoms with Crippen LogP contribution in [-0.2, 0) is 0 Å². The van der Waals surface area contributed by atoms with Crippen LogP contribution in [0.1, 0.15) is 5.56 Å². The van der Waals surface area contributed by atoms with Crippen LogP contribution < -0.4 is 5.19 Å². The van der Waals surface area contributed by atoms with E-state index in [1.165, 1.54) is 16.7 Å². The molecule has 0 unspecified atom stereocenters. The SMILES string of the molecule is Cc1cccc(-c2cccc([SiH](C)C)c2)c1. The van der Waals surface area contributed by atoms with Gasteiger partial charge in [-0.3, -0.25) is 0 Å². The first-order chi connectivity index (χ1) is 7.66. The number of hydrogen-bond acceptors (Lipinski definition) is 0. The smallest absolute Gasteiger partial charge is 0.0647 e. The molecule has 0 heterocycles. The Balaban J connectivity index is 2.44. The van der Waals surface area contributed by atoms with Gasteiger partial charge in [-0.25, -0.2) is 0 Å². The molecule has 0 spiro atoms. The van der Waals surface area contributed by atoms with Gasteiger partial charge in [0, 0.05) is 0 Å². The van der Waals surface area contributed by atoms with E-state index >= 15 is 0 Å². The Morgan fingerprint density at radius 1 is 0.812 bits per heavy atom. The summed E-state index contributed by atoms with van der Waals surface area (Å²) in [5.74, 6) is 0. The van der Waals surface area contributed by atoms with E-state index in [2.05, 4.69) is 68.5 Å². The fourth-order valence-corrected chi connectivity index (χ4v) is 2.91. The van der Waals surface area contributed by atoms with Crippen LogP contribution in [0.2, 0.25) is 13.1 Å². The fraction of sp³-hybridized carbons (Fsp3) is 0.200. The molecule has 82 valence electrons. The highest BCUT2D eigenvalue weighted by molar-refractivity contribution is 6.70. The van der Waals surface area contributed by atoms with Gasteiger partial charge >= 0.3 is 0 Å². The van der Waals surface area contributed by atoms with Crippen LogP contribution in [0.25, 0.3) is 11.1 Å². The van der Waals surface area contributed by atoms with Crippen LogP contribution in [-0.4, -0.2) is 8.80 Å². The van der Waals surface area contributed by atoms with Crippen LogP contribution >= 0.6 is 0 Å². The molecule has 2 aromatic carbocycles. The second-order valence-corrected chi connectivity index (χ2v) is 7.63. The summed E-state index contributed by atoms with van der Waals surface area (Å²) in [5.41, 5.74) is 4.00. The van der Waals surface area contributed by atoms with Gasteiger partial charge in [0.15, 0.2) is 0 Å². The molecule has 0 saturated heterocycles. The molecule has 0 fully saturated rings. The van der Waals surface area contributed by atoms with Crippen molar-refractivity contribution in [3.63, 3.8) is 0 Å². The van der Waals surface area contributed by atoms with Crippen molar-refractivity contribution in [2.75, 3.05) is 0 Å². The van der Waals surface area contributed by atoms with Crippen molar-refractivity contribution in [3.8, 4) is 11.1 Å². The Hall–Kier alpha value is -1.34. The highest BCUT2D eigenvalue weighted by Crippen LogP contribution is 2.19. The van der Waals surface area contributed by atoms with Crippen LogP contribution in [0, 0.1) is 6.92 Å². The summed E-state index contributed by atoms with van der Waals surface area (Å²) in [6.45, 7) is 6.88. The highest BCUT2D eigenvalue weighted by atomic mass is 28.3. The quantitative estimate of drug-likeness (QED) is 0.689. The summed E-state index contributed by atoms with van der Waals surface area (Å²) in [4.78, 5) is 0. The standard InChI is InChI=1S/C15H18Si/c1-12-6-4-7-13(10-12)14-8-5-9-15(11-14)16(2)3/h4-11,16H,1-3H3. The second kappa shape index (κ2) is 4.66. The summed E-state index contributed by atoms with van der Waals surface area (Å²) in [6, 6.07) is 17.7. The lowest BCUT2D eigenvalue weighted by molar-refractivity contribution is 1.47. The van der Waals surface area contributed by atoms with E-state index in [-0.39, 0.29) is 0 Å².